The van der Waals surface area contributed by atoms with E-state index in [1.165, 1.54) is 5.56 Å². The van der Waals surface area contributed by atoms with Gasteiger partial charge in [0.1, 0.15) is 11.5 Å². The second-order valence-electron chi connectivity index (χ2n) is 7.94. The number of amides is 1. The second kappa shape index (κ2) is 12.2. The van der Waals surface area contributed by atoms with Crippen LogP contribution >= 0.6 is 24.0 Å². The number of ether oxygens (including phenoxy) is 1. The van der Waals surface area contributed by atoms with E-state index >= 15 is 0 Å². The highest BCUT2D eigenvalue weighted by molar-refractivity contribution is 14.0. The van der Waals surface area contributed by atoms with Gasteiger partial charge in [0.05, 0.1) is 0 Å². The number of carbonyl (C=O) groups is 1. The molecule has 1 aliphatic rings. The van der Waals surface area contributed by atoms with E-state index in [0.717, 1.165) is 30.9 Å². The molecule has 1 heterocycles. The minimum Gasteiger partial charge on any atom is -0.457 e. The Bertz CT molecular complexity index is 1060. The van der Waals surface area contributed by atoms with Crippen LogP contribution in [0.5, 0.6) is 11.5 Å². The highest BCUT2D eigenvalue weighted by atomic mass is 127. The van der Waals surface area contributed by atoms with Crippen LogP contribution in [0.2, 0.25) is 0 Å². The maximum Gasteiger partial charge on any atom is 0.223 e. The van der Waals surface area contributed by atoms with Gasteiger partial charge < -0.3 is 20.7 Å². The molecule has 172 valence electrons. The third-order valence-electron chi connectivity index (χ3n) is 5.41. The normalized spacial score (nSPS) is 15.8. The first kappa shape index (κ1) is 24.6. The molecule has 7 heteroatoms. The molecule has 1 amide bonds. The largest absolute Gasteiger partial charge is 0.457 e. The fraction of sp³-hybridized carbons (Fsp3) is 0.231. The Morgan fingerprint density at radius 1 is 1.00 bits per heavy atom. The summed E-state index contributed by atoms with van der Waals surface area (Å²) in [5, 5.41) is 3.11. The van der Waals surface area contributed by atoms with Gasteiger partial charge in [-0.2, -0.15) is 0 Å². The van der Waals surface area contributed by atoms with Crippen LogP contribution < -0.4 is 15.8 Å². The highest BCUT2D eigenvalue weighted by Crippen LogP contribution is 2.24. The smallest absolute Gasteiger partial charge is 0.223 e. The Balaban J connectivity index is 0.00000306. The first-order valence-corrected chi connectivity index (χ1v) is 10.9. The number of guanidine groups is 1. The van der Waals surface area contributed by atoms with E-state index in [-0.39, 0.29) is 35.8 Å². The van der Waals surface area contributed by atoms with Crippen LogP contribution in [0.15, 0.2) is 89.9 Å². The molecular weight excluding hydrogens is 527 g/mol. The van der Waals surface area contributed by atoms with Crippen molar-refractivity contribution in [3.8, 4) is 11.5 Å². The van der Waals surface area contributed by atoms with Crippen molar-refractivity contribution in [2.45, 2.75) is 12.8 Å². The number of benzene rings is 3. The molecule has 33 heavy (non-hydrogen) atoms. The van der Waals surface area contributed by atoms with Crippen molar-refractivity contribution >= 4 is 41.5 Å². The van der Waals surface area contributed by atoms with Gasteiger partial charge in [0.2, 0.25) is 5.91 Å². The SMILES string of the molecule is I.NC(=NCC1CC(=O)N(CCc2ccccc2)C1)Nc1cccc(Oc2ccccc2)c1. The zero-order chi connectivity index (χ0) is 22.2. The Morgan fingerprint density at radius 2 is 1.70 bits per heavy atom. The number of nitrogens with zero attached hydrogens (tertiary/aromatic N) is 2. The van der Waals surface area contributed by atoms with E-state index in [2.05, 4.69) is 22.4 Å². The average Bonchev–Trinajstić information content (AvgIpc) is 3.17. The lowest BCUT2D eigenvalue weighted by Crippen LogP contribution is -2.28. The van der Waals surface area contributed by atoms with Gasteiger partial charge in [-0.3, -0.25) is 9.79 Å². The van der Waals surface area contributed by atoms with Crippen molar-refractivity contribution in [1.82, 2.24) is 4.90 Å². The lowest BCUT2D eigenvalue weighted by atomic mass is 10.1. The molecule has 0 spiro atoms. The van der Waals surface area contributed by atoms with Crippen LogP contribution in [0.4, 0.5) is 5.69 Å². The third-order valence-corrected chi connectivity index (χ3v) is 5.41. The summed E-state index contributed by atoms with van der Waals surface area (Å²) in [7, 11) is 0. The van der Waals surface area contributed by atoms with Crippen LogP contribution in [0.1, 0.15) is 12.0 Å². The van der Waals surface area contributed by atoms with E-state index < -0.39 is 0 Å². The number of anilines is 1. The summed E-state index contributed by atoms with van der Waals surface area (Å²) in [6, 6.07) is 27.4. The standard InChI is InChI=1S/C26H28N4O2.HI/c27-26(29-22-10-7-13-24(17-22)32-23-11-5-2-6-12-23)28-18-21-16-25(31)30(19-21)15-14-20-8-3-1-4-9-20;/h1-13,17,21H,14-16,18-19H2,(H3,27,28,29);1H. The predicted molar refractivity (Wildman–Crippen MR) is 143 cm³/mol. The molecule has 3 N–H and O–H groups in total. The maximum atomic E-state index is 12.3. The van der Waals surface area contributed by atoms with Gasteiger partial charge in [-0.1, -0.05) is 54.6 Å². The molecule has 4 rings (SSSR count). The molecule has 0 aliphatic carbocycles. The van der Waals surface area contributed by atoms with Gasteiger partial charge >= 0.3 is 0 Å². The third kappa shape index (κ3) is 7.49. The number of aliphatic imine (C=N–C) groups is 1. The second-order valence-corrected chi connectivity index (χ2v) is 7.94. The molecule has 1 atom stereocenters. The van der Waals surface area contributed by atoms with E-state index in [4.69, 9.17) is 10.5 Å². The average molecular weight is 556 g/mol. The molecule has 6 nitrogen and oxygen atoms in total. The van der Waals surface area contributed by atoms with Crippen LogP contribution in [0, 0.1) is 5.92 Å². The Morgan fingerprint density at radius 3 is 2.45 bits per heavy atom. The number of hydrogen-bond acceptors (Lipinski definition) is 3. The minimum absolute atomic E-state index is 0. The van der Waals surface area contributed by atoms with E-state index in [9.17, 15) is 4.79 Å². The first-order chi connectivity index (χ1) is 15.7. The molecule has 1 unspecified atom stereocenters. The maximum absolute atomic E-state index is 12.3. The molecule has 3 aromatic carbocycles. The molecule has 3 aromatic rings. The monoisotopic (exact) mass is 556 g/mol. The van der Waals surface area contributed by atoms with Gasteiger partial charge in [-0.15, -0.1) is 24.0 Å². The van der Waals surface area contributed by atoms with Crippen molar-refractivity contribution in [3.63, 3.8) is 0 Å². The van der Waals surface area contributed by atoms with Crippen molar-refractivity contribution in [3.05, 3.63) is 90.5 Å². The number of nitrogens with two attached hydrogens (primary N) is 1. The summed E-state index contributed by atoms with van der Waals surface area (Å²) in [4.78, 5) is 18.7. The number of halogens is 1. The van der Waals surface area contributed by atoms with Gasteiger partial charge in [0.25, 0.3) is 0 Å². The molecule has 1 aliphatic heterocycles. The van der Waals surface area contributed by atoms with E-state index in [1.54, 1.807) is 0 Å². The highest BCUT2D eigenvalue weighted by Gasteiger charge is 2.28. The van der Waals surface area contributed by atoms with Gasteiger partial charge in [0, 0.05) is 43.7 Å². The van der Waals surface area contributed by atoms with Crippen molar-refractivity contribution in [1.29, 1.82) is 0 Å². The van der Waals surface area contributed by atoms with Crippen LogP contribution in [-0.2, 0) is 11.2 Å². The summed E-state index contributed by atoms with van der Waals surface area (Å²) in [6.07, 6.45) is 1.39. The van der Waals surface area contributed by atoms with E-state index in [0.29, 0.717) is 24.7 Å². The summed E-state index contributed by atoms with van der Waals surface area (Å²) in [5.74, 6) is 2.19. The topological polar surface area (TPSA) is 80.0 Å². The van der Waals surface area contributed by atoms with Gasteiger partial charge in [-0.25, -0.2) is 0 Å². The van der Waals surface area contributed by atoms with Crippen molar-refractivity contribution in [2.24, 2.45) is 16.6 Å². The lowest BCUT2D eigenvalue weighted by Gasteiger charge is -2.16. The summed E-state index contributed by atoms with van der Waals surface area (Å²) >= 11 is 0. The Labute approximate surface area is 211 Å². The molecule has 1 fully saturated rings. The quantitative estimate of drug-likeness (QED) is 0.235. The first-order valence-electron chi connectivity index (χ1n) is 10.9. The summed E-state index contributed by atoms with van der Waals surface area (Å²) < 4.78 is 5.86. The number of rotatable bonds is 8. The van der Waals surface area contributed by atoms with Crippen LogP contribution in [0.25, 0.3) is 0 Å². The zero-order valence-corrected chi connectivity index (χ0v) is 20.7. The molecule has 0 radical (unpaired) electrons. The lowest BCUT2D eigenvalue weighted by molar-refractivity contribution is -0.127. The summed E-state index contributed by atoms with van der Waals surface area (Å²) in [5.41, 5.74) is 8.13. The Hall–Kier alpha value is -3.07. The number of hydrogen-bond donors (Lipinski definition) is 2. The van der Waals surface area contributed by atoms with E-state index in [1.807, 2.05) is 77.7 Å². The molecule has 1 saturated heterocycles. The van der Waals surface area contributed by atoms with Crippen molar-refractivity contribution < 1.29 is 9.53 Å². The Kier molecular flexibility index (Phi) is 9.12. The van der Waals surface area contributed by atoms with Crippen LogP contribution in [0.3, 0.4) is 0 Å². The fourth-order valence-corrected chi connectivity index (χ4v) is 3.78. The summed E-state index contributed by atoms with van der Waals surface area (Å²) in [6.45, 7) is 1.99. The van der Waals surface area contributed by atoms with Gasteiger partial charge in [0.15, 0.2) is 5.96 Å². The fourth-order valence-electron chi connectivity index (χ4n) is 3.78. The molecule has 0 aromatic heterocycles. The number of likely N-dealkylation sites (tertiary alicyclic amines) is 1. The molecule has 0 saturated carbocycles. The minimum atomic E-state index is 0. The van der Waals surface area contributed by atoms with Crippen molar-refractivity contribution in [2.75, 3.05) is 25.0 Å². The van der Waals surface area contributed by atoms with Gasteiger partial charge in [-0.05, 0) is 36.2 Å². The molecular formula is C26H29IN4O2. The number of para-hydroxylation sites is 1. The molecule has 0 bridgehead atoms. The zero-order valence-electron chi connectivity index (χ0n) is 18.4. The number of carbonyl (C=O) groups excluding carboxylic acids is 1. The predicted octanol–water partition coefficient (Wildman–Crippen LogP) is 4.91. The number of nitrogens with one attached hydrogen (secondary N) is 1. The van der Waals surface area contributed by atoms with Crippen LogP contribution in [-0.4, -0.2) is 36.4 Å².